The maximum absolute atomic E-state index is 5.87. The van der Waals surface area contributed by atoms with Crippen LogP contribution in [0.1, 0.15) is 5.69 Å². The van der Waals surface area contributed by atoms with Crippen LogP contribution in [0.5, 0.6) is 0 Å². The van der Waals surface area contributed by atoms with E-state index in [1.165, 1.54) is 0 Å². The van der Waals surface area contributed by atoms with Crippen molar-refractivity contribution in [1.82, 2.24) is 14.8 Å². The van der Waals surface area contributed by atoms with Crippen LogP contribution < -0.4 is 0 Å². The Morgan fingerprint density at radius 3 is 2.82 bits per heavy atom. The zero-order valence-corrected chi connectivity index (χ0v) is 9.80. The third kappa shape index (κ3) is 1.78. The first-order valence-electron chi connectivity index (χ1n) is 5.33. The van der Waals surface area contributed by atoms with Crippen LogP contribution in [0, 0.1) is 0 Å². The van der Waals surface area contributed by atoms with E-state index < -0.39 is 0 Å². The molecule has 0 spiro atoms. The van der Waals surface area contributed by atoms with E-state index in [0.717, 1.165) is 22.3 Å². The average Bonchev–Trinajstić information content (AvgIpc) is 2.91. The van der Waals surface area contributed by atoms with Crippen molar-refractivity contribution in [1.29, 1.82) is 0 Å². The summed E-state index contributed by atoms with van der Waals surface area (Å²) in [6.45, 7) is 0. The zero-order chi connectivity index (χ0) is 11.7. The van der Waals surface area contributed by atoms with E-state index >= 15 is 0 Å². The zero-order valence-electron chi connectivity index (χ0n) is 9.05. The van der Waals surface area contributed by atoms with Gasteiger partial charge in [-0.1, -0.05) is 18.2 Å². The normalized spacial score (nSPS) is 10.9. The van der Waals surface area contributed by atoms with Crippen molar-refractivity contribution in [2.45, 2.75) is 5.88 Å². The SMILES string of the molecule is ClCc1cc(-n2cccn2)c2ccccc2n1. The van der Waals surface area contributed by atoms with Gasteiger partial charge >= 0.3 is 0 Å². The Morgan fingerprint density at radius 2 is 2.06 bits per heavy atom. The van der Waals surface area contributed by atoms with Crippen molar-refractivity contribution in [2.75, 3.05) is 0 Å². The molecule has 1 aromatic carbocycles. The summed E-state index contributed by atoms with van der Waals surface area (Å²) in [5.41, 5.74) is 2.81. The molecule has 3 aromatic rings. The van der Waals surface area contributed by atoms with Crippen LogP contribution in [-0.4, -0.2) is 14.8 Å². The number of alkyl halides is 1. The Balaban J connectivity index is 2.35. The molecular formula is C13H10ClN3. The summed E-state index contributed by atoms with van der Waals surface area (Å²) in [5, 5.41) is 5.33. The molecule has 0 radical (unpaired) electrons. The minimum absolute atomic E-state index is 0.402. The molecule has 2 heterocycles. The van der Waals surface area contributed by atoms with Crippen molar-refractivity contribution in [3.63, 3.8) is 0 Å². The summed E-state index contributed by atoms with van der Waals surface area (Å²) in [7, 11) is 0. The number of pyridine rings is 1. The summed E-state index contributed by atoms with van der Waals surface area (Å²) in [6.07, 6.45) is 3.68. The van der Waals surface area contributed by atoms with Gasteiger partial charge in [0.25, 0.3) is 0 Å². The summed E-state index contributed by atoms with van der Waals surface area (Å²) in [5.74, 6) is 0.402. The van der Waals surface area contributed by atoms with Gasteiger partial charge in [0.15, 0.2) is 0 Å². The van der Waals surface area contributed by atoms with Crippen molar-refractivity contribution in [2.24, 2.45) is 0 Å². The van der Waals surface area contributed by atoms with Crippen LogP contribution in [0.2, 0.25) is 0 Å². The molecule has 0 saturated carbocycles. The van der Waals surface area contributed by atoms with Gasteiger partial charge in [-0.25, -0.2) is 4.68 Å². The smallest absolute Gasteiger partial charge is 0.0758 e. The lowest BCUT2D eigenvalue weighted by Crippen LogP contribution is -1.99. The number of rotatable bonds is 2. The third-order valence-electron chi connectivity index (χ3n) is 2.64. The highest BCUT2D eigenvalue weighted by Crippen LogP contribution is 2.22. The monoisotopic (exact) mass is 243 g/mol. The fourth-order valence-electron chi connectivity index (χ4n) is 1.88. The summed E-state index contributed by atoms with van der Waals surface area (Å²) in [4.78, 5) is 4.49. The Kier molecular flexibility index (Phi) is 2.53. The molecule has 0 amide bonds. The fraction of sp³-hybridized carbons (Fsp3) is 0.0769. The van der Waals surface area contributed by atoms with Gasteiger partial charge in [0, 0.05) is 17.8 Å². The lowest BCUT2D eigenvalue weighted by atomic mass is 10.1. The molecular weight excluding hydrogens is 234 g/mol. The van der Waals surface area contributed by atoms with Crippen molar-refractivity contribution < 1.29 is 0 Å². The van der Waals surface area contributed by atoms with E-state index in [9.17, 15) is 0 Å². The number of hydrogen-bond acceptors (Lipinski definition) is 2. The predicted octanol–water partition coefficient (Wildman–Crippen LogP) is 3.16. The first-order chi connectivity index (χ1) is 8.38. The van der Waals surface area contributed by atoms with Gasteiger partial charge in [0.1, 0.15) is 0 Å². The summed E-state index contributed by atoms with van der Waals surface area (Å²) < 4.78 is 1.83. The fourth-order valence-corrected chi connectivity index (χ4v) is 2.02. The first-order valence-corrected chi connectivity index (χ1v) is 5.86. The highest BCUT2D eigenvalue weighted by molar-refractivity contribution is 6.17. The van der Waals surface area contributed by atoms with Crippen molar-refractivity contribution >= 4 is 22.5 Å². The lowest BCUT2D eigenvalue weighted by molar-refractivity contribution is 0.883. The molecule has 84 valence electrons. The minimum atomic E-state index is 0.402. The number of nitrogens with zero attached hydrogens (tertiary/aromatic N) is 3. The van der Waals surface area contributed by atoms with Crippen LogP contribution in [0.15, 0.2) is 48.8 Å². The molecule has 0 bridgehead atoms. The molecule has 0 atom stereocenters. The molecule has 4 heteroatoms. The van der Waals surface area contributed by atoms with Crippen LogP contribution in [0.25, 0.3) is 16.6 Å². The van der Waals surface area contributed by atoms with E-state index in [0.29, 0.717) is 5.88 Å². The van der Waals surface area contributed by atoms with Gasteiger partial charge < -0.3 is 0 Å². The summed E-state index contributed by atoms with van der Waals surface area (Å²) in [6, 6.07) is 11.9. The second-order valence-corrected chi connectivity index (χ2v) is 4.00. The van der Waals surface area contributed by atoms with Gasteiger partial charge in [0.2, 0.25) is 0 Å². The Morgan fingerprint density at radius 1 is 1.18 bits per heavy atom. The van der Waals surface area contributed by atoms with Gasteiger partial charge in [-0.2, -0.15) is 5.10 Å². The predicted molar refractivity (Wildman–Crippen MR) is 68.4 cm³/mol. The second kappa shape index (κ2) is 4.18. The molecule has 0 aliphatic carbocycles. The summed E-state index contributed by atoms with van der Waals surface area (Å²) >= 11 is 5.87. The largest absolute Gasteiger partial charge is 0.251 e. The number of hydrogen-bond donors (Lipinski definition) is 0. The molecule has 0 aliphatic heterocycles. The van der Waals surface area contributed by atoms with Crippen LogP contribution >= 0.6 is 11.6 Å². The minimum Gasteiger partial charge on any atom is -0.251 e. The Hall–Kier alpha value is -1.87. The van der Waals surface area contributed by atoms with Gasteiger partial charge in [-0.3, -0.25) is 4.98 Å². The average molecular weight is 244 g/mol. The molecule has 0 N–H and O–H groups in total. The van der Waals surface area contributed by atoms with Crippen molar-refractivity contribution in [3.8, 4) is 5.69 Å². The molecule has 0 unspecified atom stereocenters. The highest BCUT2D eigenvalue weighted by atomic mass is 35.5. The number of benzene rings is 1. The van der Waals surface area contributed by atoms with Crippen LogP contribution in [0.4, 0.5) is 0 Å². The van der Waals surface area contributed by atoms with Crippen LogP contribution in [-0.2, 0) is 5.88 Å². The Bertz CT molecular complexity index is 647. The third-order valence-corrected chi connectivity index (χ3v) is 2.91. The van der Waals surface area contributed by atoms with E-state index in [4.69, 9.17) is 11.6 Å². The van der Waals surface area contributed by atoms with E-state index in [1.807, 2.05) is 47.3 Å². The van der Waals surface area contributed by atoms with Crippen molar-refractivity contribution in [3.05, 3.63) is 54.5 Å². The van der Waals surface area contributed by atoms with E-state index in [1.54, 1.807) is 6.20 Å². The molecule has 0 saturated heterocycles. The molecule has 0 fully saturated rings. The molecule has 0 aliphatic rings. The maximum Gasteiger partial charge on any atom is 0.0758 e. The topological polar surface area (TPSA) is 30.7 Å². The van der Waals surface area contributed by atoms with Gasteiger partial charge in [-0.05, 0) is 18.2 Å². The molecule has 3 rings (SSSR count). The molecule has 2 aromatic heterocycles. The molecule has 17 heavy (non-hydrogen) atoms. The Labute approximate surface area is 104 Å². The van der Waals surface area contributed by atoms with E-state index in [-0.39, 0.29) is 0 Å². The highest BCUT2D eigenvalue weighted by Gasteiger charge is 2.06. The number of aromatic nitrogens is 3. The number of halogens is 1. The van der Waals surface area contributed by atoms with Gasteiger partial charge in [0.05, 0.1) is 22.8 Å². The van der Waals surface area contributed by atoms with E-state index in [2.05, 4.69) is 10.1 Å². The van der Waals surface area contributed by atoms with Crippen LogP contribution in [0.3, 0.4) is 0 Å². The standard InChI is InChI=1S/C13H10ClN3/c14-9-10-8-13(17-7-3-6-15-17)11-4-1-2-5-12(11)16-10/h1-8H,9H2. The quantitative estimate of drug-likeness (QED) is 0.648. The number of fused-ring (bicyclic) bond motifs is 1. The molecule has 3 nitrogen and oxygen atoms in total. The first kappa shape index (κ1) is 10.3. The number of para-hydroxylation sites is 1. The van der Waals surface area contributed by atoms with Gasteiger partial charge in [-0.15, -0.1) is 11.6 Å². The second-order valence-electron chi connectivity index (χ2n) is 3.73. The lowest BCUT2D eigenvalue weighted by Gasteiger charge is -2.08. The maximum atomic E-state index is 5.87.